The quantitative estimate of drug-likeness (QED) is 0.821. The minimum Gasteiger partial charge on any atom is -0.478 e. The fourth-order valence-corrected chi connectivity index (χ4v) is 2.89. The normalized spacial score (nSPS) is 29.9. The Morgan fingerprint density at radius 3 is 2.87 bits per heavy atom. The first-order chi connectivity index (χ1) is 7.07. The predicted molar refractivity (Wildman–Crippen MR) is 55.2 cm³/mol. The van der Waals surface area contributed by atoms with Crippen LogP contribution < -0.4 is 0 Å². The van der Waals surface area contributed by atoms with Crippen molar-refractivity contribution in [1.82, 2.24) is 0 Å². The highest BCUT2D eigenvalue weighted by atomic mass is 32.1. The van der Waals surface area contributed by atoms with Crippen LogP contribution in [0.5, 0.6) is 0 Å². The van der Waals surface area contributed by atoms with E-state index in [4.69, 9.17) is 9.84 Å². The molecule has 0 amide bonds. The highest BCUT2D eigenvalue weighted by Gasteiger charge is 2.47. The summed E-state index contributed by atoms with van der Waals surface area (Å²) in [5.41, 5.74) is -0.792. The van der Waals surface area contributed by atoms with Crippen LogP contribution >= 0.6 is 11.3 Å². The van der Waals surface area contributed by atoms with E-state index < -0.39 is 11.6 Å². The monoisotopic (exact) mass is 228 g/mol. The van der Waals surface area contributed by atoms with Crippen molar-refractivity contribution in [2.75, 3.05) is 7.11 Å². The van der Waals surface area contributed by atoms with E-state index in [9.17, 15) is 9.90 Å². The molecule has 2 N–H and O–H groups in total. The summed E-state index contributed by atoms with van der Waals surface area (Å²) in [6.07, 6.45) is 0.993. The van der Waals surface area contributed by atoms with Gasteiger partial charge in [0.25, 0.3) is 0 Å². The number of aromatic carboxylic acids is 1. The van der Waals surface area contributed by atoms with E-state index in [0.29, 0.717) is 17.7 Å². The summed E-state index contributed by atoms with van der Waals surface area (Å²) >= 11 is 1.29. The van der Waals surface area contributed by atoms with Crippen molar-refractivity contribution in [2.24, 2.45) is 0 Å². The van der Waals surface area contributed by atoms with Gasteiger partial charge in [-0.3, -0.25) is 0 Å². The fourth-order valence-electron chi connectivity index (χ4n) is 1.88. The second-order valence-corrected chi connectivity index (χ2v) is 4.68. The number of hydrogen-bond acceptors (Lipinski definition) is 4. The molecule has 15 heavy (non-hydrogen) atoms. The molecule has 1 aromatic rings. The van der Waals surface area contributed by atoms with Crippen molar-refractivity contribution in [1.29, 1.82) is 0 Å². The number of carbonyl (C=O) groups is 1. The van der Waals surface area contributed by atoms with Crippen LogP contribution in [-0.4, -0.2) is 29.4 Å². The second kappa shape index (κ2) is 3.59. The first kappa shape index (κ1) is 10.6. The molecule has 4 nitrogen and oxygen atoms in total. The minimum absolute atomic E-state index is 0.0405. The van der Waals surface area contributed by atoms with Gasteiger partial charge in [0.05, 0.1) is 16.5 Å². The van der Waals surface area contributed by atoms with E-state index in [0.717, 1.165) is 0 Å². The average molecular weight is 228 g/mol. The Hall–Kier alpha value is -0.910. The molecule has 1 aromatic heterocycles. The maximum Gasteiger partial charge on any atom is 0.336 e. The van der Waals surface area contributed by atoms with Crippen LogP contribution in [0.25, 0.3) is 0 Å². The number of hydrogen-bond donors (Lipinski definition) is 2. The maximum atomic E-state index is 10.9. The number of carboxylic acids is 1. The van der Waals surface area contributed by atoms with Crippen LogP contribution in [0.4, 0.5) is 0 Å². The molecule has 0 aliphatic heterocycles. The van der Waals surface area contributed by atoms with E-state index in [1.807, 2.05) is 0 Å². The summed E-state index contributed by atoms with van der Waals surface area (Å²) < 4.78 is 5.08. The second-order valence-electron chi connectivity index (χ2n) is 3.77. The third kappa shape index (κ3) is 1.67. The third-order valence-electron chi connectivity index (χ3n) is 2.78. The molecule has 1 fully saturated rings. The lowest BCUT2D eigenvalue weighted by molar-refractivity contribution is -0.131. The molecule has 0 unspecified atom stereocenters. The lowest BCUT2D eigenvalue weighted by atomic mass is 9.75. The summed E-state index contributed by atoms with van der Waals surface area (Å²) in [7, 11) is 1.59. The first-order valence-electron chi connectivity index (χ1n) is 4.63. The van der Waals surface area contributed by atoms with Crippen LogP contribution in [0.15, 0.2) is 11.4 Å². The van der Waals surface area contributed by atoms with E-state index >= 15 is 0 Å². The van der Waals surface area contributed by atoms with Crippen LogP contribution in [-0.2, 0) is 10.3 Å². The number of carboxylic acid groups (broad SMARTS) is 1. The van der Waals surface area contributed by atoms with Crippen molar-refractivity contribution in [3.63, 3.8) is 0 Å². The molecule has 0 atom stereocenters. The lowest BCUT2D eigenvalue weighted by Crippen LogP contribution is -2.45. The molecule has 1 saturated carbocycles. The topological polar surface area (TPSA) is 66.8 Å². The van der Waals surface area contributed by atoms with Crippen LogP contribution in [0.2, 0.25) is 0 Å². The third-order valence-corrected chi connectivity index (χ3v) is 3.89. The maximum absolute atomic E-state index is 10.9. The Balaban J connectivity index is 2.23. The van der Waals surface area contributed by atoms with Gasteiger partial charge in [-0.05, 0) is 11.4 Å². The number of ether oxygens (including phenoxy) is 1. The van der Waals surface area contributed by atoms with Gasteiger partial charge in [0.2, 0.25) is 0 Å². The van der Waals surface area contributed by atoms with Crippen molar-refractivity contribution >= 4 is 17.3 Å². The summed E-state index contributed by atoms with van der Waals surface area (Å²) in [4.78, 5) is 11.4. The van der Waals surface area contributed by atoms with Gasteiger partial charge in [0.1, 0.15) is 5.60 Å². The van der Waals surface area contributed by atoms with Gasteiger partial charge >= 0.3 is 5.97 Å². The largest absolute Gasteiger partial charge is 0.478 e. The van der Waals surface area contributed by atoms with Gasteiger partial charge in [-0.2, -0.15) is 0 Å². The fraction of sp³-hybridized carbons (Fsp3) is 0.500. The molecule has 2 rings (SSSR count). The Labute approximate surface area is 91.1 Å². The van der Waals surface area contributed by atoms with Crippen molar-refractivity contribution in [3.8, 4) is 0 Å². The summed E-state index contributed by atoms with van der Waals surface area (Å²) in [5.74, 6) is -0.986. The van der Waals surface area contributed by atoms with Crippen molar-refractivity contribution in [2.45, 2.75) is 24.5 Å². The van der Waals surface area contributed by atoms with Crippen molar-refractivity contribution < 1.29 is 19.7 Å². The summed E-state index contributed by atoms with van der Waals surface area (Å²) in [6, 6.07) is 1.53. The Morgan fingerprint density at radius 2 is 2.33 bits per heavy atom. The summed E-state index contributed by atoms with van der Waals surface area (Å²) in [5, 5.41) is 20.8. The van der Waals surface area contributed by atoms with Crippen LogP contribution in [0.3, 0.4) is 0 Å². The van der Waals surface area contributed by atoms with Gasteiger partial charge in [-0.15, -0.1) is 11.3 Å². The first-order valence-corrected chi connectivity index (χ1v) is 5.51. The van der Waals surface area contributed by atoms with Crippen LogP contribution in [0, 0.1) is 0 Å². The molecule has 1 aliphatic rings. The zero-order valence-corrected chi connectivity index (χ0v) is 9.08. The van der Waals surface area contributed by atoms with Gasteiger partial charge in [0, 0.05) is 20.0 Å². The minimum atomic E-state index is -0.997. The molecule has 82 valence electrons. The van der Waals surface area contributed by atoms with Crippen molar-refractivity contribution in [3.05, 3.63) is 21.9 Å². The molecule has 0 radical (unpaired) electrons. The molecule has 0 aromatic carbocycles. The van der Waals surface area contributed by atoms with E-state index in [-0.39, 0.29) is 11.7 Å². The van der Waals surface area contributed by atoms with E-state index in [2.05, 4.69) is 0 Å². The molecule has 5 heteroatoms. The standard InChI is InChI=1S/C10H12O4S/c1-14-6-4-10(13,5-6)8-7(9(11)12)2-3-15-8/h2-3,6,13H,4-5H2,1H3,(H,11,12). The predicted octanol–water partition coefficient (Wildman–Crippen LogP) is 1.44. The Morgan fingerprint density at radius 1 is 1.67 bits per heavy atom. The molecule has 0 saturated heterocycles. The molecule has 1 aliphatic carbocycles. The lowest BCUT2D eigenvalue weighted by Gasteiger charge is -2.42. The SMILES string of the molecule is COC1CC(O)(c2sccc2C(=O)O)C1. The number of aliphatic hydroxyl groups is 1. The molecule has 1 heterocycles. The summed E-state index contributed by atoms with van der Waals surface area (Å²) in [6.45, 7) is 0. The molecule has 0 bridgehead atoms. The van der Waals surface area contributed by atoms with E-state index in [1.54, 1.807) is 12.5 Å². The van der Waals surface area contributed by atoms with Gasteiger partial charge in [-0.1, -0.05) is 0 Å². The molecule has 0 spiro atoms. The highest BCUT2D eigenvalue weighted by molar-refractivity contribution is 7.10. The van der Waals surface area contributed by atoms with Gasteiger partial charge < -0.3 is 14.9 Å². The molecular weight excluding hydrogens is 216 g/mol. The average Bonchev–Trinajstić information content (AvgIpc) is 2.61. The smallest absolute Gasteiger partial charge is 0.336 e. The van der Waals surface area contributed by atoms with Gasteiger partial charge in [-0.25, -0.2) is 4.79 Å². The number of methoxy groups -OCH3 is 1. The number of thiophene rings is 1. The van der Waals surface area contributed by atoms with E-state index in [1.165, 1.54) is 17.4 Å². The molecular formula is C10H12O4S. The van der Waals surface area contributed by atoms with Gasteiger partial charge in [0.15, 0.2) is 0 Å². The zero-order valence-electron chi connectivity index (χ0n) is 8.27. The zero-order chi connectivity index (χ0) is 11.1. The Kier molecular flexibility index (Phi) is 2.54. The number of rotatable bonds is 3. The van der Waals surface area contributed by atoms with Crippen LogP contribution in [0.1, 0.15) is 28.1 Å². The highest BCUT2D eigenvalue weighted by Crippen LogP contribution is 2.46. The Bertz CT molecular complexity index is 379.